The van der Waals surface area contributed by atoms with Gasteiger partial charge in [0.05, 0.1) is 6.17 Å². The lowest BCUT2D eigenvalue weighted by Gasteiger charge is -2.45. The summed E-state index contributed by atoms with van der Waals surface area (Å²) in [4.78, 5) is 12.9. The van der Waals surface area contributed by atoms with Gasteiger partial charge in [0.25, 0.3) is 0 Å². The van der Waals surface area contributed by atoms with Gasteiger partial charge in [-0.3, -0.25) is 15.5 Å². The summed E-state index contributed by atoms with van der Waals surface area (Å²) in [6.45, 7) is 3.93. The highest BCUT2D eigenvalue weighted by atomic mass is 16.5. The molecule has 0 spiro atoms. The number of fused-ring (bicyclic) bond motifs is 2. The summed E-state index contributed by atoms with van der Waals surface area (Å²) in [7, 11) is 0. The first-order valence-corrected chi connectivity index (χ1v) is 11.4. The third kappa shape index (κ3) is 3.96. The molecule has 1 aromatic rings. The van der Waals surface area contributed by atoms with Gasteiger partial charge in [0, 0.05) is 43.2 Å². The highest BCUT2D eigenvalue weighted by Gasteiger charge is 2.48. The highest BCUT2D eigenvalue weighted by molar-refractivity contribution is 5.81. The molecule has 158 valence electrons. The van der Waals surface area contributed by atoms with E-state index in [0.29, 0.717) is 36.1 Å². The summed E-state index contributed by atoms with van der Waals surface area (Å²) in [6, 6.07) is 11.8. The first-order valence-electron chi connectivity index (χ1n) is 11.4. The molecule has 1 amide bonds. The Morgan fingerprint density at radius 2 is 1.83 bits per heavy atom. The van der Waals surface area contributed by atoms with Crippen LogP contribution in [0.3, 0.4) is 0 Å². The number of carbonyl (C=O) groups excluding carboxylic acids is 1. The van der Waals surface area contributed by atoms with Crippen molar-refractivity contribution >= 4 is 5.91 Å². The number of rotatable bonds is 4. The van der Waals surface area contributed by atoms with Gasteiger partial charge in [-0.1, -0.05) is 37.3 Å². The number of amides is 1. The third-order valence-corrected chi connectivity index (χ3v) is 7.81. The van der Waals surface area contributed by atoms with E-state index < -0.39 is 0 Å². The van der Waals surface area contributed by atoms with Crippen LogP contribution in [0.2, 0.25) is 0 Å². The molecular formula is C23H34N4O2. The SMILES string of the molecule is CC(c1ccccc1)C1CC2CC3C(CC2NC1=O)NNC3NC1CCOCC1. The Hall–Kier alpha value is -1.47. The van der Waals surface area contributed by atoms with Gasteiger partial charge in [0.2, 0.25) is 5.91 Å². The fourth-order valence-electron chi connectivity index (χ4n) is 6.02. The molecule has 4 N–H and O–H groups in total. The fourth-order valence-corrected chi connectivity index (χ4v) is 6.02. The van der Waals surface area contributed by atoms with Crippen LogP contribution < -0.4 is 21.5 Å². The molecule has 29 heavy (non-hydrogen) atoms. The van der Waals surface area contributed by atoms with E-state index in [0.717, 1.165) is 45.3 Å². The van der Waals surface area contributed by atoms with Crippen LogP contribution in [0, 0.1) is 17.8 Å². The molecule has 7 unspecified atom stereocenters. The second-order valence-corrected chi connectivity index (χ2v) is 9.48. The van der Waals surface area contributed by atoms with Gasteiger partial charge < -0.3 is 10.1 Å². The Morgan fingerprint density at radius 3 is 2.62 bits per heavy atom. The molecule has 1 saturated carbocycles. The molecule has 1 aliphatic carbocycles. The van der Waals surface area contributed by atoms with E-state index in [1.165, 1.54) is 5.56 Å². The Labute approximate surface area is 173 Å². The minimum absolute atomic E-state index is 0.0689. The fraction of sp³-hybridized carbons (Fsp3) is 0.696. The van der Waals surface area contributed by atoms with E-state index in [1.54, 1.807) is 0 Å². The lowest BCUT2D eigenvalue weighted by atomic mass is 9.67. The molecule has 0 aromatic heterocycles. The van der Waals surface area contributed by atoms with Crippen LogP contribution in [0.5, 0.6) is 0 Å². The zero-order chi connectivity index (χ0) is 19.8. The van der Waals surface area contributed by atoms with Crippen LogP contribution in [-0.4, -0.2) is 43.4 Å². The van der Waals surface area contributed by atoms with E-state index >= 15 is 0 Å². The van der Waals surface area contributed by atoms with Crippen molar-refractivity contribution in [2.45, 2.75) is 69.2 Å². The first kappa shape index (κ1) is 19.5. The molecular weight excluding hydrogens is 364 g/mol. The molecule has 3 aliphatic heterocycles. The standard InChI is InChI=1S/C23H34N4O2/c1-14(15-5-3-2-4-6-15)18-11-16-12-19-21(13-20(16)25-23(18)28)26-27-22(19)24-17-7-9-29-10-8-17/h2-6,14,16-22,24,26-27H,7-13H2,1H3,(H,25,28). The van der Waals surface area contributed by atoms with Gasteiger partial charge in [0.1, 0.15) is 0 Å². The van der Waals surface area contributed by atoms with Crippen LogP contribution in [0.15, 0.2) is 30.3 Å². The summed E-state index contributed by atoms with van der Waals surface area (Å²) in [5.41, 5.74) is 8.29. The number of hydrazine groups is 1. The van der Waals surface area contributed by atoms with Crippen LogP contribution >= 0.6 is 0 Å². The lowest BCUT2D eigenvalue weighted by molar-refractivity contribution is -0.131. The maximum atomic E-state index is 12.9. The maximum Gasteiger partial charge on any atom is 0.223 e. The Balaban J connectivity index is 1.25. The number of hydrogen-bond acceptors (Lipinski definition) is 5. The monoisotopic (exact) mass is 398 g/mol. The second-order valence-electron chi connectivity index (χ2n) is 9.48. The van der Waals surface area contributed by atoms with Crippen molar-refractivity contribution in [3.8, 4) is 0 Å². The third-order valence-electron chi connectivity index (χ3n) is 7.81. The predicted molar refractivity (Wildman–Crippen MR) is 112 cm³/mol. The van der Waals surface area contributed by atoms with Crippen LogP contribution in [-0.2, 0) is 9.53 Å². The van der Waals surface area contributed by atoms with Crippen molar-refractivity contribution in [1.82, 2.24) is 21.5 Å². The maximum absolute atomic E-state index is 12.9. The van der Waals surface area contributed by atoms with Crippen molar-refractivity contribution in [1.29, 1.82) is 0 Å². The van der Waals surface area contributed by atoms with Crippen LogP contribution in [0.25, 0.3) is 0 Å². The molecule has 6 nitrogen and oxygen atoms in total. The molecule has 1 aromatic carbocycles. The van der Waals surface area contributed by atoms with E-state index in [1.807, 2.05) is 6.07 Å². The summed E-state index contributed by atoms with van der Waals surface area (Å²) in [5.74, 6) is 1.70. The number of piperidine rings is 1. The topological polar surface area (TPSA) is 74.4 Å². The van der Waals surface area contributed by atoms with E-state index in [2.05, 4.69) is 52.7 Å². The number of benzene rings is 1. The Kier molecular flexibility index (Phi) is 5.61. The average Bonchev–Trinajstić information content (AvgIpc) is 3.14. The number of hydrogen-bond donors (Lipinski definition) is 4. The normalized spacial score (nSPS) is 38.7. The number of ether oxygens (including phenoxy) is 1. The molecule has 5 rings (SSSR count). The summed E-state index contributed by atoms with van der Waals surface area (Å²) >= 11 is 0. The van der Waals surface area contributed by atoms with Gasteiger partial charge in [-0.15, -0.1) is 0 Å². The van der Waals surface area contributed by atoms with Crippen LogP contribution in [0.4, 0.5) is 0 Å². The molecule has 4 fully saturated rings. The van der Waals surface area contributed by atoms with Gasteiger partial charge in [0.15, 0.2) is 0 Å². The van der Waals surface area contributed by atoms with Crippen molar-refractivity contribution in [2.24, 2.45) is 17.8 Å². The van der Waals surface area contributed by atoms with Gasteiger partial charge in [-0.2, -0.15) is 0 Å². The molecule has 6 heteroatoms. The number of nitrogens with one attached hydrogen (secondary N) is 4. The van der Waals surface area contributed by atoms with Gasteiger partial charge in [-0.25, -0.2) is 5.43 Å². The van der Waals surface area contributed by atoms with Crippen molar-refractivity contribution in [3.63, 3.8) is 0 Å². The molecule has 3 heterocycles. The lowest BCUT2D eigenvalue weighted by Crippen LogP contribution is -2.57. The minimum Gasteiger partial charge on any atom is -0.381 e. The molecule has 0 radical (unpaired) electrons. The Morgan fingerprint density at radius 1 is 1.03 bits per heavy atom. The molecule has 4 aliphatic rings. The summed E-state index contributed by atoms with van der Waals surface area (Å²) in [5, 5.41) is 7.22. The van der Waals surface area contributed by atoms with Crippen molar-refractivity contribution < 1.29 is 9.53 Å². The van der Waals surface area contributed by atoms with Crippen molar-refractivity contribution in [2.75, 3.05) is 13.2 Å². The largest absolute Gasteiger partial charge is 0.381 e. The second kappa shape index (κ2) is 8.34. The van der Waals surface area contributed by atoms with E-state index in [4.69, 9.17) is 4.74 Å². The zero-order valence-corrected chi connectivity index (χ0v) is 17.3. The first-order chi connectivity index (χ1) is 14.2. The molecule has 7 atom stereocenters. The number of carbonyl (C=O) groups is 1. The average molecular weight is 399 g/mol. The summed E-state index contributed by atoms with van der Waals surface area (Å²) < 4.78 is 5.51. The van der Waals surface area contributed by atoms with Crippen LogP contribution in [0.1, 0.15) is 50.5 Å². The highest BCUT2D eigenvalue weighted by Crippen LogP contribution is 2.42. The van der Waals surface area contributed by atoms with Gasteiger partial charge >= 0.3 is 0 Å². The van der Waals surface area contributed by atoms with Gasteiger partial charge in [-0.05, 0) is 49.5 Å². The minimum atomic E-state index is 0.0689. The molecule has 0 bridgehead atoms. The Bertz CT molecular complexity index is 708. The predicted octanol–water partition coefficient (Wildman–Crippen LogP) is 1.89. The molecule has 3 saturated heterocycles. The summed E-state index contributed by atoms with van der Waals surface area (Å²) in [6.07, 6.45) is 5.68. The smallest absolute Gasteiger partial charge is 0.223 e. The van der Waals surface area contributed by atoms with Crippen molar-refractivity contribution in [3.05, 3.63) is 35.9 Å². The van der Waals surface area contributed by atoms with E-state index in [9.17, 15) is 4.79 Å². The zero-order valence-electron chi connectivity index (χ0n) is 17.3. The quantitative estimate of drug-likeness (QED) is 0.623. The van der Waals surface area contributed by atoms with E-state index in [-0.39, 0.29) is 17.7 Å².